The Kier molecular flexibility index (Phi) is 6.26. The molecule has 1 N–H and O–H groups in total. The molecule has 0 radical (unpaired) electrons. The number of hydrogen-bond acceptors (Lipinski definition) is 3. The molecule has 2 heterocycles. The maximum Gasteiger partial charge on any atom is 0.257 e. The zero-order valence-corrected chi connectivity index (χ0v) is 18.9. The smallest absolute Gasteiger partial charge is 0.257 e. The van der Waals surface area contributed by atoms with Crippen LogP contribution < -0.4 is 5.32 Å². The molecule has 1 fully saturated rings. The molecule has 4 rings (SSSR count). The second kappa shape index (κ2) is 9.13. The molecule has 0 spiro atoms. The number of rotatable bonds is 4. The van der Waals surface area contributed by atoms with Gasteiger partial charge in [0.15, 0.2) is 5.82 Å². The third-order valence-electron chi connectivity index (χ3n) is 6.15. The highest BCUT2D eigenvalue weighted by atomic mass is 19.1. The average Bonchev–Trinajstić information content (AvgIpc) is 3.07. The van der Waals surface area contributed by atoms with Crippen LogP contribution in [0.25, 0.3) is 5.69 Å². The highest BCUT2D eigenvalue weighted by Gasteiger charge is 2.29. The van der Waals surface area contributed by atoms with Gasteiger partial charge in [-0.1, -0.05) is 18.2 Å². The van der Waals surface area contributed by atoms with Gasteiger partial charge in [-0.3, -0.25) is 9.59 Å². The zero-order valence-electron chi connectivity index (χ0n) is 18.9. The van der Waals surface area contributed by atoms with E-state index in [9.17, 15) is 18.4 Å². The van der Waals surface area contributed by atoms with Crippen molar-refractivity contribution in [2.75, 3.05) is 13.1 Å². The van der Waals surface area contributed by atoms with Crippen LogP contribution in [0.1, 0.15) is 50.5 Å². The molecule has 172 valence electrons. The summed E-state index contributed by atoms with van der Waals surface area (Å²) >= 11 is 0. The van der Waals surface area contributed by atoms with Gasteiger partial charge < -0.3 is 10.2 Å². The number of halogens is 2. The number of hydrogen-bond donors (Lipinski definition) is 1. The van der Waals surface area contributed by atoms with Gasteiger partial charge in [0.2, 0.25) is 0 Å². The number of benzene rings is 2. The third-order valence-corrected chi connectivity index (χ3v) is 6.15. The standard InChI is InChI=1S/C25H26F2N4O2/c1-15-6-4-5-7-20(15)24(32)28-19-10-12-30(13-11-19)25(33)23-16(2)29-31(17(23)3)22-9-8-18(26)14-21(22)27/h4-9,14,19H,10-13H2,1-3H3,(H,28,32). The fourth-order valence-electron chi connectivity index (χ4n) is 4.32. The molecule has 8 heteroatoms. The van der Waals surface area contributed by atoms with Crippen LogP contribution in [0, 0.1) is 32.4 Å². The van der Waals surface area contributed by atoms with Crippen LogP contribution in [0.15, 0.2) is 42.5 Å². The Bertz CT molecular complexity index is 1210. The number of carbonyl (C=O) groups excluding carboxylic acids is 2. The van der Waals surface area contributed by atoms with E-state index in [-0.39, 0.29) is 23.5 Å². The molecule has 0 unspecified atom stereocenters. The average molecular weight is 453 g/mol. The number of piperidine rings is 1. The Labute approximate surface area is 191 Å². The van der Waals surface area contributed by atoms with Gasteiger partial charge in [0.1, 0.15) is 11.5 Å². The maximum atomic E-state index is 14.3. The predicted molar refractivity (Wildman–Crippen MR) is 121 cm³/mol. The van der Waals surface area contributed by atoms with Gasteiger partial charge in [-0.15, -0.1) is 0 Å². The molecule has 0 atom stereocenters. The molecular weight excluding hydrogens is 426 g/mol. The molecule has 3 aromatic rings. The predicted octanol–water partition coefficient (Wildman–Crippen LogP) is 4.11. The third kappa shape index (κ3) is 4.51. The van der Waals surface area contributed by atoms with Crippen molar-refractivity contribution in [3.05, 3.63) is 82.2 Å². The van der Waals surface area contributed by atoms with Crippen molar-refractivity contribution >= 4 is 11.8 Å². The molecule has 1 aromatic heterocycles. The summed E-state index contributed by atoms with van der Waals surface area (Å²) in [5, 5.41) is 7.40. The minimum absolute atomic E-state index is 0.0145. The van der Waals surface area contributed by atoms with Crippen molar-refractivity contribution in [1.29, 1.82) is 0 Å². The molecule has 1 aliphatic heterocycles. The number of likely N-dealkylation sites (tertiary alicyclic amines) is 1. The topological polar surface area (TPSA) is 67.2 Å². The van der Waals surface area contributed by atoms with E-state index in [1.165, 1.54) is 10.7 Å². The van der Waals surface area contributed by atoms with Gasteiger partial charge in [0.25, 0.3) is 11.8 Å². The summed E-state index contributed by atoms with van der Waals surface area (Å²) in [5.74, 6) is -1.70. The van der Waals surface area contributed by atoms with Crippen molar-refractivity contribution in [2.24, 2.45) is 0 Å². The molecule has 1 saturated heterocycles. The summed E-state index contributed by atoms with van der Waals surface area (Å²) in [6.45, 7) is 6.29. The number of carbonyl (C=O) groups is 2. The van der Waals surface area contributed by atoms with Crippen molar-refractivity contribution in [3.8, 4) is 5.69 Å². The second-order valence-electron chi connectivity index (χ2n) is 8.41. The fraction of sp³-hybridized carbons (Fsp3) is 0.320. The maximum absolute atomic E-state index is 14.3. The van der Waals surface area contributed by atoms with E-state index < -0.39 is 11.6 Å². The lowest BCUT2D eigenvalue weighted by atomic mass is 10.0. The van der Waals surface area contributed by atoms with E-state index in [0.717, 1.165) is 17.7 Å². The van der Waals surface area contributed by atoms with Crippen molar-refractivity contribution in [1.82, 2.24) is 20.0 Å². The van der Waals surface area contributed by atoms with Crippen LogP contribution in [-0.2, 0) is 0 Å². The van der Waals surface area contributed by atoms with Gasteiger partial charge in [0.05, 0.1) is 17.0 Å². The largest absolute Gasteiger partial charge is 0.349 e. The van der Waals surface area contributed by atoms with E-state index >= 15 is 0 Å². The zero-order chi connectivity index (χ0) is 23.7. The van der Waals surface area contributed by atoms with Gasteiger partial charge in [-0.05, 0) is 57.4 Å². The van der Waals surface area contributed by atoms with Crippen LogP contribution in [0.2, 0.25) is 0 Å². The number of nitrogens with zero attached hydrogens (tertiary/aromatic N) is 3. The summed E-state index contributed by atoms with van der Waals surface area (Å²) in [7, 11) is 0. The summed E-state index contributed by atoms with van der Waals surface area (Å²) in [6.07, 6.45) is 1.28. The van der Waals surface area contributed by atoms with Gasteiger partial charge in [0, 0.05) is 30.8 Å². The molecule has 33 heavy (non-hydrogen) atoms. The van der Waals surface area contributed by atoms with Gasteiger partial charge >= 0.3 is 0 Å². The van der Waals surface area contributed by atoms with E-state index in [0.29, 0.717) is 48.4 Å². The van der Waals surface area contributed by atoms with E-state index in [1.54, 1.807) is 24.8 Å². The highest BCUT2D eigenvalue weighted by molar-refractivity contribution is 5.97. The molecule has 0 saturated carbocycles. The van der Waals surface area contributed by atoms with Crippen molar-refractivity contribution in [2.45, 2.75) is 39.7 Å². The Morgan fingerprint density at radius 3 is 2.39 bits per heavy atom. The second-order valence-corrected chi connectivity index (χ2v) is 8.41. The lowest BCUT2D eigenvalue weighted by molar-refractivity contribution is 0.0696. The molecule has 0 bridgehead atoms. The minimum Gasteiger partial charge on any atom is -0.349 e. The molecule has 1 aliphatic rings. The van der Waals surface area contributed by atoms with Crippen molar-refractivity contribution in [3.63, 3.8) is 0 Å². The first kappa shape index (κ1) is 22.6. The Hall–Kier alpha value is -3.55. The van der Waals surface area contributed by atoms with Gasteiger partial charge in [-0.25, -0.2) is 13.5 Å². The van der Waals surface area contributed by atoms with Crippen LogP contribution >= 0.6 is 0 Å². The normalized spacial score (nSPS) is 14.4. The molecule has 0 aliphatic carbocycles. The van der Waals surface area contributed by atoms with E-state index in [4.69, 9.17) is 0 Å². The Morgan fingerprint density at radius 1 is 1.03 bits per heavy atom. The summed E-state index contributed by atoms with van der Waals surface area (Å²) < 4.78 is 28.9. The lowest BCUT2D eigenvalue weighted by Crippen LogP contribution is -2.46. The Balaban J connectivity index is 1.44. The summed E-state index contributed by atoms with van der Waals surface area (Å²) in [6, 6.07) is 10.7. The quantitative estimate of drug-likeness (QED) is 0.648. The molecule has 2 amide bonds. The van der Waals surface area contributed by atoms with Crippen molar-refractivity contribution < 1.29 is 18.4 Å². The summed E-state index contributed by atoms with van der Waals surface area (Å²) in [4.78, 5) is 27.6. The van der Waals surface area contributed by atoms with Crippen LogP contribution in [0.3, 0.4) is 0 Å². The highest BCUT2D eigenvalue weighted by Crippen LogP contribution is 2.23. The van der Waals surface area contributed by atoms with E-state index in [2.05, 4.69) is 10.4 Å². The van der Waals surface area contributed by atoms with Crippen LogP contribution in [0.4, 0.5) is 8.78 Å². The monoisotopic (exact) mass is 452 g/mol. The first-order chi connectivity index (χ1) is 15.8. The molecular formula is C25H26F2N4O2. The molecule has 2 aromatic carbocycles. The molecule has 6 nitrogen and oxygen atoms in total. The SMILES string of the molecule is Cc1ccccc1C(=O)NC1CCN(C(=O)c2c(C)nn(-c3ccc(F)cc3F)c2C)CC1. The first-order valence-electron chi connectivity index (χ1n) is 10.9. The summed E-state index contributed by atoms with van der Waals surface area (Å²) in [5.41, 5.74) is 3.06. The number of aromatic nitrogens is 2. The fourth-order valence-corrected chi connectivity index (χ4v) is 4.32. The number of amides is 2. The first-order valence-corrected chi connectivity index (χ1v) is 10.9. The number of aryl methyl sites for hydroxylation is 2. The minimum atomic E-state index is -0.746. The lowest BCUT2D eigenvalue weighted by Gasteiger charge is -2.32. The number of nitrogens with one attached hydrogen (secondary N) is 1. The van der Waals surface area contributed by atoms with Crippen LogP contribution in [0.5, 0.6) is 0 Å². The van der Waals surface area contributed by atoms with E-state index in [1.807, 2.05) is 25.1 Å². The van der Waals surface area contributed by atoms with Gasteiger partial charge in [-0.2, -0.15) is 5.10 Å². The van der Waals surface area contributed by atoms with Crippen LogP contribution in [-0.4, -0.2) is 45.6 Å². The Morgan fingerprint density at radius 2 is 1.73 bits per heavy atom.